The van der Waals surface area contributed by atoms with E-state index in [0.29, 0.717) is 5.82 Å². The van der Waals surface area contributed by atoms with Gasteiger partial charge in [0.15, 0.2) is 5.82 Å². The van der Waals surface area contributed by atoms with E-state index in [4.69, 9.17) is 0 Å². The topological polar surface area (TPSA) is 84.7 Å². The zero-order chi connectivity index (χ0) is 15.9. The molecule has 2 fully saturated rings. The monoisotopic (exact) mass is 312 g/mol. The lowest BCUT2D eigenvalue weighted by molar-refractivity contribution is -0.118. The highest BCUT2D eigenvalue weighted by Gasteiger charge is 2.57. The van der Waals surface area contributed by atoms with E-state index in [0.717, 1.165) is 43.7 Å². The maximum Gasteiger partial charge on any atom is 0.228 e. The molecule has 1 amide bonds. The van der Waals surface area contributed by atoms with Gasteiger partial charge in [0.25, 0.3) is 0 Å². The highest BCUT2D eigenvalue weighted by Crippen LogP contribution is 2.58. The molecule has 2 heterocycles. The number of benzene rings is 1. The number of nitrogens with zero attached hydrogens (tertiary/aromatic N) is 4. The largest absolute Gasteiger partial charge is 0.326 e. The molecule has 1 atom stereocenters. The first-order valence-electron chi connectivity index (χ1n) is 8.05. The number of hydrogen-bond donors (Lipinski definition) is 2. The first-order chi connectivity index (χ1) is 11.2. The van der Waals surface area contributed by atoms with Crippen LogP contribution in [0, 0.1) is 18.3 Å². The molecule has 1 aliphatic heterocycles. The molecule has 4 rings (SSSR count). The van der Waals surface area contributed by atoms with Crippen molar-refractivity contribution in [2.75, 3.05) is 18.4 Å². The summed E-state index contributed by atoms with van der Waals surface area (Å²) >= 11 is 0. The summed E-state index contributed by atoms with van der Waals surface area (Å²) in [6.07, 6.45) is 3.23. The molecule has 1 saturated carbocycles. The van der Waals surface area contributed by atoms with Crippen molar-refractivity contribution in [1.82, 2.24) is 25.5 Å². The summed E-state index contributed by atoms with van der Waals surface area (Å²) < 4.78 is 1.65. The van der Waals surface area contributed by atoms with Crippen LogP contribution in [-0.2, 0) is 4.79 Å². The van der Waals surface area contributed by atoms with Crippen LogP contribution in [0.3, 0.4) is 0 Å². The molecule has 0 bridgehead atoms. The van der Waals surface area contributed by atoms with E-state index in [1.165, 1.54) is 0 Å². The van der Waals surface area contributed by atoms with Gasteiger partial charge in [-0.3, -0.25) is 4.79 Å². The van der Waals surface area contributed by atoms with Crippen LogP contribution >= 0.6 is 0 Å². The number of amides is 1. The third-order valence-corrected chi connectivity index (χ3v) is 5.09. The summed E-state index contributed by atoms with van der Waals surface area (Å²) in [6.45, 7) is 3.89. The normalized spacial score (nSPS) is 22.0. The smallest absolute Gasteiger partial charge is 0.228 e. The minimum absolute atomic E-state index is 0.137. The molecule has 23 heavy (non-hydrogen) atoms. The standard InChI is InChI=1S/C16H20N6O/c1-11-19-20-21-22(11)13-4-2-3-12(9-13)18-15(23)14-10-16(14)5-7-17-8-6-16/h2-4,9,14,17H,5-8,10H2,1H3,(H,18,23). The van der Waals surface area contributed by atoms with Crippen LogP contribution < -0.4 is 10.6 Å². The van der Waals surface area contributed by atoms with Crippen molar-refractivity contribution < 1.29 is 4.79 Å². The lowest BCUT2D eigenvalue weighted by Gasteiger charge is -2.23. The van der Waals surface area contributed by atoms with E-state index in [-0.39, 0.29) is 17.2 Å². The molecule has 1 unspecified atom stereocenters. The van der Waals surface area contributed by atoms with Crippen LogP contribution in [0.15, 0.2) is 24.3 Å². The average molecular weight is 312 g/mol. The molecule has 2 aromatic rings. The molecule has 1 aromatic heterocycles. The van der Waals surface area contributed by atoms with Crippen molar-refractivity contribution in [2.24, 2.45) is 11.3 Å². The van der Waals surface area contributed by atoms with E-state index >= 15 is 0 Å². The molecule has 1 saturated heterocycles. The fraction of sp³-hybridized carbons (Fsp3) is 0.500. The number of tetrazole rings is 1. The van der Waals surface area contributed by atoms with Crippen LogP contribution in [0.5, 0.6) is 0 Å². The zero-order valence-electron chi connectivity index (χ0n) is 13.1. The molecule has 1 aliphatic carbocycles. The highest BCUT2D eigenvalue weighted by molar-refractivity contribution is 5.95. The third-order valence-electron chi connectivity index (χ3n) is 5.09. The SMILES string of the molecule is Cc1nnnn1-c1cccc(NC(=O)C2CC23CCNCC3)c1. The van der Waals surface area contributed by atoms with Crippen molar-refractivity contribution in [3.63, 3.8) is 0 Å². The van der Waals surface area contributed by atoms with E-state index in [9.17, 15) is 4.79 Å². The second kappa shape index (κ2) is 5.42. The van der Waals surface area contributed by atoms with Gasteiger partial charge in [-0.25, -0.2) is 0 Å². The van der Waals surface area contributed by atoms with E-state index in [2.05, 4.69) is 26.2 Å². The van der Waals surface area contributed by atoms with Crippen molar-refractivity contribution >= 4 is 11.6 Å². The summed E-state index contributed by atoms with van der Waals surface area (Å²) in [7, 11) is 0. The van der Waals surface area contributed by atoms with Gasteiger partial charge in [0.1, 0.15) is 0 Å². The molecular weight excluding hydrogens is 292 g/mol. The van der Waals surface area contributed by atoms with E-state index < -0.39 is 0 Å². The zero-order valence-corrected chi connectivity index (χ0v) is 13.1. The summed E-state index contributed by atoms with van der Waals surface area (Å²) in [5.74, 6) is 1.00. The molecule has 2 aliphatic rings. The molecule has 120 valence electrons. The second-order valence-corrected chi connectivity index (χ2v) is 6.55. The Hall–Kier alpha value is -2.28. The van der Waals surface area contributed by atoms with Crippen molar-refractivity contribution in [3.05, 3.63) is 30.1 Å². The quantitative estimate of drug-likeness (QED) is 0.892. The Morgan fingerprint density at radius 1 is 1.39 bits per heavy atom. The number of rotatable bonds is 3. The van der Waals surface area contributed by atoms with Crippen LogP contribution in [-0.4, -0.2) is 39.2 Å². The summed E-state index contributed by atoms with van der Waals surface area (Å²) in [5, 5.41) is 17.9. The fourth-order valence-corrected chi connectivity index (χ4v) is 3.61. The number of piperidine rings is 1. The Kier molecular flexibility index (Phi) is 3.37. The lowest BCUT2D eigenvalue weighted by Crippen LogP contribution is -2.31. The molecule has 1 aromatic carbocycles. The number of aromatic nitrogens is 4. The van der Waals surface area contributed by atoms with Crippen LogP contribution in [0.2, 0.25) is 0 Å². The third kappa shape index (κ3) is 2.61. The van der Waals surface area contributed by atoms with Gasteiger partial charge < -0.3 is 10.6 Å². The van der Waals surface area contributed by atoms with Crippen molar-refractivity contribution in [2.45, 2.75) is 26.2 Å². The van der Waals surface area contributed by atoms with Crippen LogP contribution in [0.4, 0.5) is 5.69 Å². The van der Waals surface area contributed by atoms with E-state index in [1.54, 1.807) is 4.68 Å². The average Bonchev–Trinajstić information content (AvgIpc) is 3.07. The Labute approximate surface area is 134 Å². The minimum atomic E-state index is 0.137. The van der Waals surface area contributed by atoms with E-state index in [1.807, 2.05) is 31.2 Å². The number of carbonyl (C=O) groups excluding carboxylic acids is 1. The molecule has 7 nitrogen and oxygen atoms in total. The van der Waals surface area contributed by atoms with Crippen LogP contribution in [0.25, 0.3) is 5.69 Å². The van der Waals surface area contributed by atoms with Crippen molar-refractivity contribution in [1.29, 1.82) is 0 Å². The van der Waals surface area contributed by atoms with Gasteiger partial charge in [-0.2, -0.15) is 4.68 Å². The Balaban J connectivity index is 1.47. The van der Waals surface area contributed by atoms with Gasteiger partial charge in [-0.05, 0) is 73.3 Å². The summed E-state index contributed by atoms with van der Waals surface area (Å²) in [4.78, 5) is 12.5. The predicted molar refractivity (Wildman–Crippen MR) is 85.2 cm³/mol. The van der Waals surface area contributed by atoms with Gasteiger partial charge in [0.05, 0.1) is 5.69 Å². The lowest BCUT2D eigenvalue weighted by atomic mass is 9.92. The highest BCUT2D eigenvalue weighted by atomic mass is 16.2. The van der Waals surface area contributed by atoms with Gasteiger partial charge in [0.2, 0.25) is 5.91 Å². The number of hydrogen-bond acceptors (Lipinski definition) is 5. The van der Waals surface area contributed by atoms with Gasteiger partial charge in [-0.15, -0.1) is 5.10 Å². The maximum atomic E-state index is 12.5. The summed E-state index contributed by atoms with van der Waals surface area (Å²) in [6, 6.07) is 7.63. The predicted octanol–water partition coefficient (Wildman–Crippen LogP) is 1.30. The second-order valence-electron chi connectivity index (χ2n) is 6.55. The molecule has 1 spiro atoms. The Morgan fingerprint density at radius 3 is 2.96 bits per heavy atom. The van der Waals surface area contributed by atoms with Crippen molar-refractivity contribution in [3.8, 4) is 5.69 Å². The molecular formula is C16H20N6O. The summed E-state index contributed by atoms with van der Waals surface area (Å²) in [5.41, 5.74) is 1.88. The number of carbonyl (C=O) groups is 1. The van der Waals surface area contributed by atoms with Gasteiger partial charge in [0, 0.05) is 11.6 Å². The molecule has 0 radical (unpaired) electrons. The number of aryl methyl sites for hydroxylation is 1. The fourth-order valence-electron chi connectivity index (χ4n) is 3.61. The number of anilines is 1. The van der Waals surface area contributed by atoms with Gasteiger partial charge in [-0.1, -0.05) is 6.07 Å². The van der Waals surface area contributed by atoms with Gasteiger partial charge >= 0.3 is 0 Å². The molecule has 7 heteroatoms. The minimum Gasteiger partial charge on any atom is -0.326 e. The number of nitrogens with one attached hydrogen (secondary N) is 2. The van der Waals surface area contributed by atoms with Crippen LogP contribution in [0.1, 0.15) is 25.1 Å². The first-order valence-corrected chi connectivity index (χ1v) is 8.05. The first kappa shape index (κ1) is 14.3. The maximum absolute atomic E-state index is 12.5. The Bertz CT molecular complexity index is 734. The Morgan fingerprint density at radius 2 is 2.22 bits per heavy atom. The molecule has 2 N–H and O–H groups in total.